The Morgan fingerprint density at radius 2 is 2.21 bits per heavy atom. The lowest BCUT2D eigenvalue weighted by Crippen LogP contribution is -2.34. The maximum atomic E-state index is 13.5. The first kappa shape index (κ1) is 29.3. The Labute approximate surface area is 222 Å². The van der Waals surface area contributed by atoms with Crippen LogP contribution in [0, 0.1) is 25.3 Å². The molecular formula is C24H29FN6O8. The SMILES string of the molecule is C#CC1(COC(=O)CCCN(C)C=O)CCC(n2cnc3c(N)nc(F)nc32)O1.COCc1oc(=O)oc1C. The molecule has 3 aromatic heterocycles. The summed E-state index contributed by atoms with van der Waals surface area (Å²) < 4.78 is 40.2. The van der Waals surface area contributed by atoms with Crippen LogP contribution >= 0.6 is 0 Å². The second kappa shape index (κ2) is 13.0. The highest BCUT2D eigenvalue weighted by molar-refractivity contribution is 5.81. The van der Waals surface area contributed by atoms with E-state index in [9.17, 15) is 18.8 Å². The number of nitrogen functional groups attached to an aromatic ring is 1. The molecule has 1 aliphatic rings. The lowest BCUT2D eigenvalue weighted by Gasteiger charge is -2.23. The van der Waals surface area contributed by atoms with Crippen LogP contribution in [0.3, 0.4) is 0 Å². The molecule has 14 nitrogen and oxygen atoms in total. The van der Waals surface area contributed by atoms with Crippen molar-refractivity contribution in [3.8, 4) is 12.3 Å². The van der Waals surface area contributed by atoms with Crippen molar-refractivity contribution < 1.29 is 37.0 Å². The second-order valence-electron chi connectivity index (χ2n) is 8.67. The predicted octanol–water partition coefficient (Wildman–Crippen LogP) is 1.33. The highest BCUT2D eigenvalue weighted by atomic mass is 19.1. The molecule has 1 aliphatic heterocycles. The average molecular weight is 549 g/mol. The zero-order valence-corrected chi connectivity index (χ0v) is 21.7. The van der Waals surface area contributed by atoms with Gasteiger partial charge >= 0.3 is 17.9 Å². The number of hydrogen-bond acceptors (Lipinski definition) is 12. The number of ether oxygens (including phenoxy) is 3. The van der Waals surface area contributed by atoms with E-state index in [1.54, 1.807) is 14.0 Å². The summed E-state index contributed by atoms with van der Waals surface area (Å²) in [7, 11) is 3.15. The molecule has 210 valence electrons. The summed E-state index contributed by atoms with van der Waals surface area (Å²) in [6.07, 6.45) is 7.79. The van der Waals surface area contributed by atoms with Gasteiger partial charge in [0.2, 0.25) is 6.41 Å². The number of nitrogens with two attached hydrogens (primary N) is 1. The summed E-state index contributed by atoms with van der Waals surface area (Å²) in [4.78, 5) is 45.6. The predicted molar refractivity (Wildman–Crippen MR) is 132 cm³/mol. The molecule has 2 unspecified atom stereocenters. The first-order chi connectivity index (χ1) is 18.6. The van der Waals surface area contributed by atoms with Crippen molar-refractivity contribution in [1.82, 2.24) is 24.4 Å². The quantitative estimate of drug-likeness (QED) is 0.167. The van der Waals surface area contributed by atoms with Crippen molar-refractivity contribution in [2.45, 2.75) is 51.0 Å². The second-order valence-corrected chi connectivity index (χ2v) is 8.67. The lowest BCUT2D eigenvalue weighted by molar-refractivity contribution is -0.152. The van der Waals surface area contributed by atoms with Gasteiger partial charge in [0.05, 0.1) is 6.33 Å². The number of fused-ring (bicyclic) bond motifs is 1. The number of methoxy groups -OCH3 is 1. The molecular weight excluding hydrogens is 519 g/mol. The first-order valence-corrected chi connectivity index (χ1v) is 11.8. The van der Waals surface area contributed by atoms with Crippen molar-refractivity contribution in [2.24, 2.45) is 0 Å². The van der Waals surface area contributed by atoms with Gasteiger partial charge in [0, 0.05) is 27.1 Å². The van der Waals surface area contributed by atoms with E-state index in [0.29, 0.717) is 43.7 Å². The summed E-state index contributed by atoms with van der Waals surface area (Å²) in [5.41, 5.74) is 5.04. The number of aromatic nitrogens is 4. The topological polar surface area (TPSA) is 178 Å². The summed E-state index contributed by atoms with van der Waals surface area (Å²) in [6.45, 7) is 2.27. The van der Waals surface area contributed by atoms with Crippen molar-refractivity contribution in [3.63, 3.8) is 0 Å². The lowest BCUT2D eigenvalue weighted by atomic mass is 10.0. The minimum Gasteiger partial charge on any atom is -0.462 e. The van der Waals surface area contributed by atoms with Crippen LogP contribution in [0.4, 0.5) is 10.2 Å². The van der Waals surface area contributed by atoms with Crippen LogP contribution < -0.4 is 11.6 Å². The molecule has 0 bridgehead atoms. The Hall–Kier alpha value is -4.29. The molecule has 0 aromatic carbocycles. The molecule has 4 rings (SSSR count). The normalized spacial score (nSPS) is 18.3. The first-order valence-electron chi connectivity index (χ1n) is 11.8. The molecule has 3 aromatic rings. The van der Waals surface area contributed by atoms with E-state index >= 15 is 0 Å². The maximum Gasteiger partial charge on any atom is 0.519 e. The Bertz CT molecular complexity index is 1400. The minimum absolute atomic E-state index is 0.0679. The molecule has 1 saturated heterocycles. The van der Waals surface area contributed by atoms with Crippen LogP contribution in [0.15, 0.2) is 20.0 Å². The van der Waals surface area contributed by atoms with Gasteiger partial charge in [-0.25, -0.2) is 9.78 Å². The molecule has 0 saturated carbocycles. The number of hydrogen-bond donors (Lipinski definition) is 1. The summed E-state index contributed by atoms with van der Waals surface area (Å²) in [5, 5.41) is 0. The third kappa shape index (κ3) is 7.39. The van der Waals surface area contributed by atoms with E-state index in [1.165, 1.54) is 22.9 Å². The molecule has 39 heavy (non-hydrogen) atoms. The third-order valence-corrected chi connectivity index (χ3v) is 5.80. The van der Waals surface area contributed by atoms with Crippen LogP contribution in [-0.4, -0.2) is 69.7 Å². The van der Waals surface area contributed by atoms with Crippen LogP contribution in [0.2, 0.25) is 0 Å². The Morgan fingerprint density at radius 1 is 1.44 bits per heavy atom. The van der Waals surface area contributed by atoms with E-state index in [0.717, 1.165) is 0 Å². The average Bonchev–Trinajstić information content (AvgIpc) is 3.60. The highest BCUT2D eigenvalue weighted by Gasteiger charge is 2.41. The third-order valence-electron chi connectivity index (χ3n) is 5.80. The number of halogens is 1. The number of carbonyl (C=O) groups excluding carboxylic acids is 2. The van der Waals surface area contributed by atoms with Gasteiger partial charge in [0.25, 0.3) is 0 Å². The summed E-state index contributed by atoms with van der Waals surface area (Å²) >= 11 is 0. The van der Waals surface area contributed by atoms with E-state index < -0.39 is 29.7 Å². The molecule has 0 aliphatic carbocycles. The van der Waals surface area contributed by atoms with Gasteiger partial charge in [0.1, 0.15) is 25.2 Å². The fourth-order valence-electron chi connectivity index (χ4n) is 3.74. The van der Waals surface area contributed by atoms with Gasteiger partial charge in [-0.05, 0) is 26.2 Å². The van der Waals surface area contributed by atoms with E-state index in [2.05, 4.69) is 29.7 Å². The smallest absolute Gasteiger partial charge is 0.462 e. The number of carbonyl (C=O) groups is 2. The minimum atomic E-state index is -1.10. The number of amides is 1. The van der Waals surface area contributed by atoms with Crippen LogP contribution in [-0.2, 0) is 30.4 Å². The van der Waals surface area contributed by atoms with Crippen LogP contribution in [0.1, 0.15) is 43.4 Å². The summed E-state index contributed by atoms with van der Waals surface area (Å²) in [6, 6.07) is 0. The van der Waals surface area contributed by atoms with Gasteiger partial charge in [0.15, 0.2) is 28.3 Å². The fourth-order valence-corrected chi connectivity index (χ4v) is 3.74. The molecule has 1 fully saturated rings. The van der Waals surface area contributed by atoms with Crippen LogP contribution in [0.5, 0.6) is 0 Å². The molecule has 15 heteroatoms. The number of imidazole rings is 1. The van der Waals surface area contributed by atoms with Crippen molar-refractivity contribution >= 4 is 29.4 Å². The molecule has 1 amide bonds. The summed E-state index contributed by atoms with van der Waals surface area (Å²) in [5.74, 6) is 2.32. The standard InChI is InChI=1S/C18H21FN6O4.C6H8O4/c1-3-18(9-28-13(27)5-4-8-24(2)11-26)7-6-12(29-18)25-10-21-14-15(20)22-17(19)23-16(14)25;1-4-5(3-8-2)10-6(7)9-4/h1,10-12H,4-9H2,2H3,(H2,20,22,23);3H2,1-2H3. The maximum absolute atomic E-state index is 13.5. The molecule has 4 heterocycles. The van der Waals surface area contributed by atoms with Crippen molar-refractivity contribution in [3.05, 3.63) is 34.5 Å². The zero-order valence-electron chi connectivity index (χ0n) is 21.7. The van der Waals surface area contributed by atoms with Gasteiger partial charge in [-0.15, -0.1) is 6.42 Å². The van der Waals surface area contributed by atoms with Gasteiger partial charge < -0.3 is 33.7 Å². The van der Waals surface area contributed by atoms with E-state index in [1.807, 2.05) is 0 Å². The number of esters is 1. The Kier molecular flexibility index (Phi) is 9.74. The number of nitrogens with zero attached hydrogens (tertiary/aromatic N) is 5. The highest BCUT2D eigenvalue weighted by Crippen LogP contribution is 2.38. The van der Waals surface area contributed by atoms with Gasteiger partial charge in [-0.3, -0.25) is 14.2 Å². The monoisotopic (exact) mass is 548 g/mol. The Morgan fingerprint density at radius 3 is 2.85 bits per heavy atom. The van der Waals surface area contributed by atoms with Gasteiger partial charge in [-0.1, -0.05) is 5.92 Å². The zero-order chi connectivity index (χ0) is 28.6. The van der Waals surface area contributed by atoms with E-state index in [4.69, 9.17) is 26.4 Å². The van der Waals surface area contributed by atoms with Crippen molar-refractivity contribution in [1.29, 1.82) is 0 Å². The Balaban J connectivity index is 0.000000353. The molecule has 2 atom stereocenters. The molecule has 0 radical (unpaired) electrons. The number of terminal acetylenes is 1. The molecule has 2 N–H and O–H groups in total. The largest absolute Gasteiger partial charge is 0.519 e. The van der Waals surface area contributed by atoms with E-state index in [-0.39, 0.29) is 36.6 Å². The van der Waals surface area contributed by atoms with Gasteiger partial charge in [-0.2, -0.15) is 14.4 Å². The number of anilines is 1. The molecule has 0 spiro atoms. The fraction of sp³-hybridized carbons (Fsp3) is 0.500. The number of aryl methyl sites for hydroxylation is 1. The number of rotatable bonds is 10. The van der Waals surface area contributed by atoms with Crippen LogP contribution in [0.25, 0.3) is 11.2 Å². The van der Waals surface area contributed by atoms with Crippen molar-refractivity contribution in [2.75, 3.05) is 33.0 Å².